The van der Waals surface area contributed by atoms with Gasteiger partial charge < -0.3 is 10.2 Å². The van der Waals surface area contributed by atoms with Crippen molar-refractivity contribution in [2.24, 2.45) is 0 Å². The van der Waals surface area contributed by atoms with Crippen LogP contribution in [0.15, 0.2) is 73.3 Å². The third-order valence-electron chi connectivity index (χ3n) is 5.87. The van der Waals surface area contributed by atoms with Crippen molar-refractivity contribution < 1.29 is 9.63 Å². The summed E-state index contributed by atoms with van der Waals surface area (Å²) >= 11 is 0. The number of hydrogen-bond donors (Lipinski definition) is 1. The smallest absolute Gasteiger partial charge is 0.255 e. The number of benzene rings is 2. The number of anilines is 1. The summed E-state index contributed by atoms with van der Waals surface area (Å²) in [6, 6.07) is 17.2. The van der Waals surface area contributed by atoms with Gasteiger partial charge >= 0.3 is 0 Å². The predicted molar refractivity (Wildman–Crippen MR) is 132 cm³/mol. The van der Waals surface area contributed by atoms with Crippen molar-refractivity contribution in [1.82, 2.24) is 10.0 Å². The van der Waals surface area contributed by atoms with Gasteiger partial charge in [0.25, 0.3) is 5.91 Å². The summed E-state index contributed by atoms with van der Waals surface area (Å²) in [4.78, 5) is 23.0. The van der Waals surface area contributed by atoms with Crippen LogP contribution in [-0.2, 0) is 16.8 Å². The number of aromatic nitrogens is 1. The lowest BCUT2D eigenvalue weighted by atomic mass is 9.85. The highest BCUT2D eigenvalue weighted by Crippen LogP contribution is 2.33. The maximum Gasteiger partial charge on any atom is 0.255 e. The first-order valence-corrected chi connectivity index (χ1v) is 11.2. The quantitative estimate of drug-likeness (QED) is 0.528. The van der Waals surface area contributed by atoms with Crippen LogP contribution in [0.2, 0.25) is 0 Å². The van der Waals surface area contributed by atoms with Gasteiger partial charge in [0.15, 0.2) is 0 Å². The van der Waals surface area contributed by atoms with Gasteiger partial charge in [-0.2, -0.15) is 5.26 Å². The van der Waals surface area contributed by atoms with Crippen molar-refractivity contribution in [3.8, 4) is 6.07 Å². The third-order valence-corrected chi connectivity index (χ3v) is 5.87. The molecule has 4 rings (SSSR count). The van der Waals surface area contributed by atoms with E-state index in [-0.39, 0.29) is 17.4 Å². The van der Waals surface area contributed by atoms with E-state index in [1.165, 1.54) is 0 Å². The molecule has 0 saturated carbocycles. The van der Waals surface area contributed by atoms with Gasteiger partial charge in [0.1, 0.15) is 6.26 Å². The molecule has 0 fully saturated rings. The lowest BCUT2D eigenvalue weighted by Crippen LogP contribution is -2.23. The van der Waals surface area contributed by atoms with Crippen LogP contribution in [0.4, 0.5) is 5.69 Å². The Bertz CT molecular complexity index is 1270. The summed E-state index contributed by atoms with van der Waals surface area (Å²) in [7, 11) is 0. The second-order valence-corrected chi connectivity index (χ2v) is 9.50. The van der Waals surface area contributed by atoms with Gasteiger partial charge in [0, 0.05) is 23.6 Å². The molecule has 0 saturated heterocycles. The fourth-order valence-electron chi connectivity index (χ4n) is 3.91. The normalized spacial score (nSPS) is 15.6. The highest BCUT2D eigenvalue weighted by molar-refractivity contribution is 6.04. The summed E-state index contributed by atoms with van der Waals surface area (Å²) in [6.45, 7) is 8.81. The summed E-state index contributed by atoms with van der Waals surface area (Å²) in [5, 5.41) is 14.3. The van der Waals surface area contributed by atoms with E-state index in [9.17, 15) is 10.1 Å². The van der Waals surface area contributed by atoms with E-state index in [0.717, 1.165) is 22.3 Å². The number of hydrogen-bond acceptors (Lipinski definition) is 5. The molecule has 6 nitrogen and oxygen atoms in total. The number of amides is 1. The zero-order valence-corrected chi connectivity index (χ0v) is 19.9. The third kappa shape index (κ3) is 5.16. The monoisotopic (exact) mass is 452 g/mol. The second-order valence-electron chi connectivity index (χ2n) is 9.50. The van der Waals surface area contributed by atoms with Gasteiger partial charge in [-0.3, -0.25) is 9.78 Å². The second kappa shape index (κ2) is 9.50. The SMILES string of the molecule is Cc1ccc(NC(=O)c2cc(C#N)cc(C(C)(C)C)c2)cc1C1C=CON1Cc1cccnc1. The molecule has 1 N–H and O–H groups in total. The molecule has 0 spiro atoms. The summed E-state index contributed by atoms with van der Waals surface area (Å²) in [5.41, 5.74) is 5.57. The number of nitrogens with one attached hydrogen (secondary N) is 1. The molecule has 2 aromatic carbocycles. The van der Waals surface area contributed by atoms with Gasteiger partial charge in [-0.25, -0.2) is 0 Å². The Balaban J connectivity index is 1.58. The molecule has 0 radical (unpaired) electrons. The average Bonchev–Trinajstić information content (AvgIpc) is 3.27. The molecular weight excluding hydrogens is 424 g/mol. The number of rotatable bonds is 5. The fourth-order valence-corrected chi connectivity index (χ4v) is 3.91. The van der Waals surface area contributed by atoms with Crippen LogP contribution < -0.4 is 5.32 Å². The zero-order valence-electron chi connectivity index (χ0n) is 19.9. The number of hydroxylamine groups is 2. The lowest BCUT2D eigenvalue weighted by molar-refractivity contribution is -0.113. The molecule has 172 valence electrons. The van der Waals surface area contributed by atoms with E-state index in [4.69, 9.17) is 4.84 Å². The maximum absolute atomic E-state index is 13.1. The first-order chi connectivity index (χ1) is 16.2. The van der Waals surface area contributed by atoms with Gasteiger partial charge in [-0.1, -0.05) is 32.9 Å². The topological polar surface area (TPSA) is 78.2 Å². The molecule has 34 heavy (non-hydrogen) atoms. The van der Waals surface area contributed by atoms with Crippen molar-refractivity contribution in [1.29, 1.82) is 5.26 Å². The average molecular weight is 453 g/mol. The highest BCUT2D eigenvalue weighted by Gasteiger charge is 2.26. The summed E-state index contributed by atoms with van der Waals surface area (Å²) < 4.78 is 0. The molecule has 6 heteroatoms. The van der Waals surface area contributed by atoms with E-state index in [1.54, 1.807) is 18.5 Å². The molecule has 1 aliphatic rings. The van der Waals surface area contributed by atoms with Crippen molar-refractivity contribution in [2.75, 3.05) is 5.32 Å². The van der Waals surface area contributed by atoms with Crippen molar-refractivity contribution in [3.05, 3.63) is 107 Å². The van der Waals surface area contributed by atoms with E-state index >= 15 is 0 Å². The largest absolute Gasteiger partial charge is 0.413 e. The van der Waals surface area contributed by atoms with E-state index in [1.807, 2.05) is 66.7 Å². The van der Waals surface area contributed by atoms with Gasteiger partial charge in [-0.05, 0) is 77.1 Å². The minimum Gasteiger partial charge on any atom is -0.413 e. The number of nitrogens with zero attached hydrogens (tertiary/aromatic N) is 3. The lowest BCUT2D eigenvalue weighted by Gasteiger charge is -2.24. The molecule has 0 aliphatic carbocycles. The minimum atomic E-state index is -0.247. The van der Waals surface area contributed by atoms with Crippen LogP contribution in [0, 0.1) is 18.3 Å². The molecule has 1 aromatic heterocycles. The van der Waals surface area contributed by atoms with Gasteiger partial charge in [0.05, 0.1) is 24.2 Å². The Morgan fingerprint density at radius 2 is 2.03 bits per heavy atom. The number of carbonyl (C=O) groups excluding carboxylic acids is 1. The van der Waals surface area contributed by atoms with Crippen LogP contribution in [0.25, 0.3) is 0 Å². The maximum atomic E-state index is 13.1. The van der Waals surface area contributed by atoms with Gasteiger partial charge in [-0.15, -0.1) is 5.06 Å². The van der Waals surface area contributed by atoms with Crippen LogP contribution >= 0.6 is 0 Å². The molecule has 2 heterocycles. The van der Waals surface area contributed by atoms with Crippen molar-refractivity contribution >= 4 is 11.6 Å². The summed E-state index contributed by atoms with van der Waals surface area (Å²) in [5.74, 6) is -0.247. The van der Waals surface area contributed by atoms with E-state index in [0.29, 0.717) is 23.4 Å². The van der Waals surface area contributed by atoms with Crippen LogP contribution in [0.3, 0.4) is 0 Å². The van der Waals surface area contributed by atoms with E-state index < -0.39 is 0 Å². The number of carbonyl (C=O) groups is 1. The van der Waals surface area contributed by atoms with Gasteiger partial charge in [0.2, 0.25) is 0 Å². The van der Waals surface area contributed by atoms with Crippen LogP contribution in [0.5, 0.6) is 0 Å². The Hall–Kier alpha value is -3.95. The Morgan fingerprint density at radius 1 is 1.21 bits per heavy atom. The van der Waals surface area contributed by atoms with E-state index in [2.05, 4.69) is 37.1 Å². The minimum absolute atomic E-state index is 0.0912. The number of pyridine rings is 1. The molecule has 3 aromatic rings. The molecule has 1 amide bonds. The molecule has 1 atom stereocenters. The number of nitriles is 1. The summed E-state index contributed by atoms with van der Waals surface area (Å²) in [6.07, 6.45) is 7.25. The zero-order chi connectivity index (χ0) is 24.3. The predicted octanol–water partition coefficient (Wildman–Crippen LogP) is 5.81. The first-order valence-electron chi connectivity index (χ1n) is 11.2. The Labute approximate surface area is 200 Å². The molecule has 0 bridgehead atoms. The highest BCUT2D eigenvalue weighted by atomic mass is 16.7. The van der Waals surface area contributed by atoms with Crippen LogP contribution in [0.1, 0.15) is 65.0 Å². The number of aryl methyl sites for hydroxylation is 1. The molecule has 1 unspecified atom stereocenters. The Kier molecular flexibility index (Phi) is 6.49. The van der Waals surface area contributed by atoms with Crippen LogP contribution in [-0.4, -0.2) is 16.0 Å². The first kappa shape index (κ1) is 23.2. The van der Waals surface area contributed by atoms with Crippen molar-refractivity contribution in [3.63, 3.8) is 0 Å². The molecule has 1 aliphatic heterocycles. The fraction of sp³-hybridized carbons (Fsp3) is 0.250. The van der Waals surface area contributed by atoms with Crippen molar-refractivity contribution in [2.45, 2.75) is 45.7 Å². The Morgan fingerprint density at radius 3 is 2.74 bits per heavy atom. The standard InChI is InChI=1S/C28H28N4O2/c1-19-7-8-24(31-27(33)22-12-21(16-29)13-23(14-22)28(2,3)4)15-25(19)26-9-11-34-32(26)18-20-6-5-10-30-17-20/h5-15,17,26H,18H2,1-4H3,(H,31,33). The molecular formula is C28H28N4O2.